The molecule has 1 aromatic rings. The zero-order chi connectivity index (χ0) is 14.5. The second-order valence-electron chi connectivity index (χ2n) is 6.65. The van der Waals surface area contributed by atoms with E-state index in [4.69, 9.17) is 10.5 Å². The number of fused-ring (bicyclic) bond motifs is 1. The lowest BCUT2D eigenvalue weighted by Crippen LogP contribution is -2.80. The van der Waals surface area contributed by atoms with Gasteiger partial charge in [0.05, 0.1) is 6.10 Å². The van der Waals surface area contributed by atoms with E-state index in [1.165, 1.54) is 0 Å². The van der Waals surface area contributed by atoms with Crippen molar-refractivity contribution in [2.24, 2.45) is 24.1 Å². The Balaban J connectivity index is 1.70. The number of nitrogens with zero attached hydrogens (tertiary/aromatic N) is 1. The monoisotopic (exact) mass is 277 g/mol. The van der Waals surface area contributed by atoms with Gasteiger partial charge < -0.3 is 20.4 Å². The van der Waals surface area contributed by atoms with Crippen LogP contribution in [0.25, 0.3) is 0 Å². The molecule has 0 bridgehead atoms. The fourth-order valence-electron chi connectivity index (χ4n) is 3.84. The topological polar surface area (TPSA) is 69.3 Å². The lowest BCUT2D eigenvalue weighted by molar-refractivity contribution is -0.175. The summed E-state index contributed by atoms with van der Waals surface area (Å²) < 4.78 is 7.68. The van der Waals surface area contributed by atoms with Crippen LogP contribution in [0.1, 0.15) is 25.8 Å². The number of ether oxygens (including phenoxy) is 1. The Bertz CT molecular complexity index is 537. The van der Waals surface area contributed by atoms with Crippen molar-refractivity contribution in [3.05, 3.63) is 24.0 Å². The molecule has 2 heterocycles. The number of nitrogens with one attached hydrogen (secondary N) is 1. The van der Waals surface area contributed by atoms with E-state index < -0.39 is 5.54 Å². The van der Waals surface area contributed by atoms with E-state index in [1.807, 2.05) is 43.9 Å². The average molecular weight is 277 g/mol. The van der Waals surface area contributed by atoms with E-state index in [-0.39, 0.29) is 23.3 Å². The maximum Gasteiger partial charge on any atom is 0.241 e. The van der Waals surface area contributed by atoms with Crippen LogP contribution in [-0.4, -0.2) is 28.7 Å². The molecule has 1 aromatic heterocycles. The fourth-order valence-corrected chi connectivity index (χ4v) is 3.84. The molecule has 2 aliphatic rings. The van der Waals surface area contributed by atoms with Crippen molar-refractivity contribution in [2.75, 3.05) is 6.61 Å². The molecule has 0 spiro atoms. The molecule has 20 heavy (non-hydrogen) atoms. The van der Waals surface area contributed by atoms with Gasteiger partial charge in [0.2, 0.25) is 5.91 Å². The van der Waals surface area contributed by atoms with Gasteiger partial charge in [0.15, 0.2) is 0 Å². The van der Waals surface area contributed by atoms with Gasteiger partial charge in [0.1, 0.15) is 5.54 Å². The number of carbonyl (C=O) groups excluding carboxylic acids is 1. The minimum atomic E-state index is -0.817. The molecule has 2 fully saturated rings. The fraction of sp³-hybridized carbons (Fsp3) is 0.667. The van der Waals surface area contributed by atoms with E-state index >= 15 is 0 Å². The number of carbonyl (C=O) groups is 1. The van der Waals surface area contributed by atoms with E-state index in [0.29, 0.717) is 13.2 Å². The van der Waals surface area contributed by atoms with Gasteiger partial charge in [0.25, 0.3) is 0 Å². The molecule has 5 nitrogen and oxygen atoms in total. The quantitative estimate of drug-likeness (QED) is 0.858. The first-order chi connectivity index (χ1) is 9.37. The lowest BCUT2D eigenvalue weighted by atomic mass is 9.48. The number of rotatable bonds is 3. The SMILES string of the molecule is Cn1ccc(CNC(=O)C2(N)C3CCOC3C2(C)C)c1. The van der Waals surface area contributed by atoms with Gasteiger partial charge >= 0.3 is 0 Å². The minimum absolute atomic E-state index is 0.0573. The van der Waals surface area contributed by atoms with Crippen LogP contribution in [0, 0.1) is 11.3 Å². The molecule has 3 unspecified atom stereocenters. The lowest BCUT2D eigenvalue weighted by Gasteiger charge is -2.60. The average Bonchev–Trinajstić information content (AvgIpc) is 3.02. The molecule has 3 N–H and O–H groups in total. The van der Waals surface area contributed by atoms with Crippen molar-refractivity contribution >= 4 is 5.91 Å². The Morgan fingerprint density at radius 1 is 1.60 bits per heavy atom. The highest BCUT2D eigenvalue weighted by Gasteiger charge is 2.71. The summed E-state index contributed by atoms with van der Waals surface area (Å²) in [5.74, 6) is 0.0892. The summed E-state index contributed by atoms with van der Waals surface area (Å²) in [6.07, 6.45) is 4.96. The zero-order valence-corrected chi connectivity index (χ0v) is 12.3. The van der Waals surface area contributed by atoms with Gasteiger partial charge in [-0.15, -0.1) is 0 Å². The highest BCUT2D eigenvalue weighted by atomic mass is 16.5. The second-order valence-corrected chi connectivity index (χ2v) is 6.65. The van der Waals surface area contributed by atoms with Crippen molar-refractivity contribution in [3.8, 4) is 0 Å². The summed E-state index contributed by atoms with van der Waals surface area (Å²) >= 11 is 0. The highest BCUT2D eigenvalue weighted by Crippen LogP contribution is 2.58. The van der Waals surface area contributed by atoms with Crippen LogP contribution < -0.4 is 11.1 Å². The molecule has 1 aliphatic heterocycles. The van der Waals surface area contributed by atoms with Gasteiger partial charge in [-0.3, -0.25) is 4.79 Å². The smallest absolute Gasteiger partial charge is 0.241 e. The standard InChI is InChI=1S/C15H23N3O2/c1-14(2)12-11(5-7-20-12)15(14,16)13(19)17-8-10-4-6-18(3)9-10/h4,6,9,11-12H,5,7-8,16H2,1-3H3,(H,17,19). The Morgan fingerprint density at radius 3 is 3.00 bits per heavy atom. The van der Waals surface area contributed by atoms with Gasteiger partial charge in [0, 0.05) is 43.9 Å². The third-order valence-electron chi connectivity index (χ3n) is 5.18. The van der Waals surface area contributed by atoms with Crippen molar-refractivity contribution in [1.29, 1.82) is 0 Å². The number of hydrogen-bond donors (Lipinski definition) is 2. The van der Waals surface area contributed by atoms with Crippen LogP contribution in [0.3, 0.4) is 0 Å². The minimum Gasteiger partial charge on any atom is -0.377 e. The Morgan fingerprint density at radius 2 is 2.35 bits per heavy atom. The number of nitrogens with two attached hydrogens (primary N) is 1. The molecule has 1 amide bonds. The van der Waals surface area contributed by atoms with Crippen LogP contribution in [0.5, 0.6) is 0 Å². The zero-order valence-electron chi connectivity index (χ0n) is 12.3. The number of hydrogen-bond acceptors (Lipinski definition) is 3. The van der Waals surface area contributed by atoms with Crippen molar-refractivity contribution < 1.29 is 9.53 Å². The first kappa shape index (κ1) is 13.6. The molecule has 110 valence electrons. The van der Waals surface area contributed by atoms with Gasteiger partial charge in [-0.05, 0) is 18.1 Å². The largest absolute Gasteiger partial charge is 0.377 e. The summed E-state index contributed by atoms with van der Waals surface area (Å²) in [6.45, 7) is 5.29. The molecule has 3 atom stereocenters. The summed E-state index contributed by atoms with van der Waals surface area (Å²) in [6, 6.07) is 2.00. The van der Waals surface area contributed by atoms with Gasteiger partial charge in [-0.25, -0.2) is 0 Å². The predicted molar refractivity (Wildman–Crippen MR) is 75.8 cm³/mol. The maximum atomic E-state index is 12.6. The van der Waals surface area contributed by atoms with Crippen LogP contribution in [0.4, 0.5) is 0 Å². The van der Waals surface area contributed by atoms with Gasteiger partial charge in [-0.2, -0.15) is 0 Å². The number of aryl methyl sites for hydroxylation is 1. The molecular weight excluding hydrogens is 254 g/mol. The van der Waals surface area contributed by atoms with E-state index in [9.17, 15) is 4.79 Å². The first-order valence-corrected chi connectivity index (χ1v) is 7.17. The first-order valence-electron chi connectivity index (χ1n) is 7.17. The van der Waals surface area contributed by atoms with Crippen LogP contribution in [0.15, 0.2) is 18.5 Å². The Kier molecular flexibility index (Phi) is 2.95. The Hall–Kier alpha value is -1.33. The highest BCUT2D eigenvalue weighted by molar-refractivity contribution is 5.89. The van der Waals surface area contributed by atoms with Crippen LogP contribution in [-0.2, 0) is 23.1 Å². The number of aromatic nitrogens is 1. The maximum absolute atomic E-state index is 12.6. The molecular formula is C15H23N3O2. The third kappa shape index (κ3) is 1.66. The molecule has 1 saturated heterocycles. The van der Waals surface area contributed by atoms with E-state index in [2.05, 4.69) is 5.32 Å². The van der Waals surface area contributed by atoms with Crippen molar-refractivity contribution in [2.45, 2.75) is 38.5 Å². The second kappa shape index (κ2) is 4.33. The molecule has 1 aliphatic carbocycles. The van der Waals surface area contributed by atoms with Crippen LogP contribution in [0.2, 0.25) is 0 Å². The predicted octanol–water partition coefficient (Wildman–Crippen LogP) is 0.784. The summed E-state index contributed by atoms with van der Waals surface area (Å²) in [4.78, 5) is 12.6. The third-order valence-corrected chi connectivity index (χ3v) is 5.18. The number of amides is 1. The Labute approximate surface area is 119 Å². The summed E-state index contributed by atoms with van der Waals surface area (Å²) in [7, 11) is 1.96. The molecule has 5 heteroatoms. The molecule has 3 rings (SSSR count). The van der Waals surface area contributed by atoms with Crippen LogP contribution >= 0.6 is 0 Å². The normalized spacial score (nSPS) is 34.4. The summed E-state index contributed by atoms with van der Waals surface area (Å²) in [5.41, 5.74) is 6.44. The molecule has 1 saturated carbocycles. The molecule has 0 radical (unpaired) electrons. The summed E-state index contributed by atoms with van der Waals surface area (Å²) in [5, 5.41) is 2.99. The molecule has 0 aromatic carbocycles. The van der Waals surface area contributed by atoms with E-state index in [1.54, 1.807) is 0 Å². The van der Waals surface area contributed by atoms with Crippen molar-refractivity contribution in [1.82, 2.24) is 9.88 Å². The van der Waals surface area contributed by atoms with Gasteiger partial charge in [-0.1, -0.05) is 13.8 Å². The van der Waals surface area contributed by atoms with E-state index in [0.717, 1.165) is 12.0 Å². The van der Waals surface area contributed by atoms with Crippen molar-refractivity contribution in [3.63, 3.8) is 0 Å².